The van der Waals surface area contributed by atoms with Gasteiger partial charge in [-0.05, 0) is 56.6 Å². The number of rotatable bonds is 16. The van der Waals surface area contributed by atoms with E-state index < -0.39 is 13.4 Å². The van der Waals surface area contributed by atoms with E-state index in [-0.39, 0.29) is 13.2 Å². The van der Waals surface area contributed by atoms with E-state index in [1.165, 1.54) is 6.42 Å². The molecule has 0 atom stereocenters. The van der Waals surface area contributed by atoms with Gasteiger partial charge in [0, 0.05) is 13.2 Å². The lowest BCUT2D eigenvalue weighted by molar-refractivity contribution is 0.0143. The zero-order chi connectivity index (χ0) is 23.3. The van der Waals surface area contributed by atoms with E-state index >= 15 is 0 Å². The Balaban J connectivity index is 1.89. The first-order valence-electron chi connectivity index (χ1n) is 11.5. The molecule has 0 spiro atoms. The molecule has 0 fully saturated rings. The second-order valence-corrected chi connectivity index (χ2v) is 10.7. The normalized spacial score (nSPS) is 12.4. The monoisotopic (exact) mass is 462 g/mol. The van der Waals surface area contributed by atoms with E-state index in [4.69, 9.17) is 18.3 Å². The summed E-state index contributed by atoms with van der Waals surface area (Å²) in [6.07, 6.45) is 3.75. The van der Waals surface area contributed by atoms with Gasteiger partial charge in [-0.3, -0.25) is 13.6 Å². The molecule has 0 radical (unpaired) electrons. The van der Waals surface area contributed by atoms with E-state index in [0.717, 1.165) is 30.6 Å². The SMILES string of the molecule is CC(C)CCCOCCCC(C)(C)OP(=O)(OCc1ccccc1)OCc1ccccc1. The topological polar surface area (TPSA) is 54.0 Å². The Morgan fingerprint density at radius 2 is 1.31 bits per heavy atom. The number of phosphoric ester groups is 1. The molecule has 0 amide bonds. The molecular weight excluding hydrogens is 423 g/mol. The van der Waals surface area contributed by atoms with Gasteiger partial charge in [0.2, 0.25) is 0 Å². The molecule has 178 valence electrons. The van der Waals surface area contributed by atoms with Gasteiger partial charge in [-0.15, -0.1) is 0 Å². The van der Waals surface area contributed by atoms with Gasteiger partial charge in [0.05, 0.1) is 18.8 Å². The van der Waals surface area contributed by atoms with Crippen molar-refractivity contribution in [3.05, 3.63) is 71.8 Å². The van der Waals surface area contributed by atoms with Crippen LogP contribution in [0.1, 0.15) is 64.5 Å². The largest absolute Gasteiger partial charge is 0.475 e. The maximum atomic E-state index is 13.5. The van der Waals surface area contributed by atoms with Gasteiger partial charge in [-0.25, -0.2) is 4.57 Å². The third-order valence-corrected chi connectivity index (χ3v) is 6.57. The lowest BCUT2D eigenvalue weighted by Crippen LogP contribution is -2.24. The molecule has 0 aliphatic rings. The molecule has 0 N–H and O–H groups in total. The molecule has 2 aromatic rings. The summed E-state index contributed by atoms with van der Waals surface area (Å²) in [5.41, 5.74) is 1.14. The van der Waals surface area contributed by atoms with Crippen LogP contribution in [0.4, 0.5) is 0 Å². The fraction of sp³-hybridized carbons (Fsp3) is 0.538. The number of ether oxygens (including phenoxy) is 1. The van der Waals surface area contributed by atoms with Crippen molar-refractivity contribution in [1.82, 2.24) is 0 Å². The van der Waals surface area contributed by atoms with Crippen LogP contribution >= 0.6 is 7.82 Å². The fourth-order valence-corrected chi connectivity index (χ4v) is 4.68. The minimum Gasteiger partial charge on any atom is -0.381 e. The molecule has 0 unspecified atom stereocenters. The van der Waals surface area contributed by atoms with Crippen LogP contribution < -0.4 is 0 Å². The predicted molar refractivity (Wildman–Crippen MR) is 129 cm³/mol. The Labute approximate surface area is 194 Å². The lowest BCUT2D eigenvalue weighted by Gasteiger charge is -2.29. The van der Waals surface area contributed by atoms with Gasteiger partial charge in [0.15, 0.2) is 0 Å². The average molecular weight is 463 g/mol. The highest BCUT2D eigenvalue weighted by molar-refractivity contribution is 7.48. The number of benzene rings is 2. The number of hydrogen-bond acceptors (Lipinski definition) is 5. The maximum Gasteiger partial charge on any atom is 0.475 e. The summed E-state index contributed by atoms with van der Waals surface area (Å²) in [5.74, 6) is 0.701. The molecule has 5 nitrogen and oxygen atoms in total. The Hall–Kier alpha value is -1.49. The molecular formula is C26H39O5P. The van der Waals surface area contributed by atoms with Crippen molar-refractivity contribution >= 4 is 7.82 Å². The molecule has 32 heavy (non-hydrogen) atoms. The summed E-state index contributed by atoms with van der Waals surface area (Å²) >= 11 is 0. The van der Waals surface area contributed by atoms with Crippen LogP contribution in [0.15, 0.2) is 60.7 Å². The van der Waals surface area contributed by atoms with Gasteiger partial charge in [-0.1, -0.05) is 74.5 Å². The van der Waals surface area contributed by atoms with Gasteiger partial charge >= 0.3 is 7.82 Å². The highest BCUT2D eigenvalue weighted by Crippen LogP contribution is 2.54. The summed E-state index contributed by atoms with van der Waals surface area (Å²) in [5, 5.41) is 0. The Morgan fingerprint density at radius 3 is 1.81 bits per heavy atom. The van der Waals surface area contributed by atoms with E-state index in [1.807, 2.05) is 74.5 Å². The van der Waals surface area contributed by atoms with E-state index in [0.29, 0.717) is 18.9 Å². The Bertz CT molecular complexity index is 745. The third kappa shape index (κ3) is 11.4. The van der Waals surface area contributed by atoms with Crippen LogP contribution in [0.25, 0.3) is 0 Å². The zero-order valence-corrected chi connectivity index (χ0v) is 20.9. The molecule has 2 rings (SSSR count). The van der Waals surface area contributed by atoms with Crippen LogP contribution in [0.2, 0.25) is 0 Å². The van der Waals surface area contributed by atoms with Crippen molar-refractivity contribution in [2.75, 3.05) is 13.2 Å². The van der Waals surface area contributed by atoms with E-state index in [1.54, 1.807) is 0 Å². The third-order valence-electron chi connectivity index (χ3n) is 4.96. The maximum absolute atomic E-state index is 13.5. The smallest absolute Gasteiger partial charge is 0.381 e. The first-order valence-corrected chi connectivity index (χ1v) is 13.0. The Morgan fingerprint density at radius 1 is 0.812 bits per heavy atom. The second kappa shape index (κ2) is 13.9. The average Bonchev–Trinajstić information content (AvgIpc) is 2.77. The van der Waals surface area contributed by atoms with Crippen LogP contribution in [0.5, 0.6) is 0 Å². The minimum absolute atomic E-state index is 0.155. The van der Waals surface area contributed by atoms with E-state index in [9.17, 15) is 4.57 Å². The molecule has 0 bridgehead atoms. The van der Waals surface area contributed by atoms with Crippen molar-refractivity contribution in [2.45, 2.75) is 72.2 Å². The number of phosphoric acid groups is 1. The van der Waals surface area contributed by atoms with Gasteiger partial charge in [0.25, 0.3) is 0 Å². The molecule has 0 aliphatic carbocycles. The van der Waals surface area contributed by atoms with Gasteiger partial charge < -0.3 is 4.74 Å². The highest BCUT2D eigenvalue weighted by Gasteiger charge is 2.35. The molecule has 6 heteroatoms. The van der Waals surface area contributed by atoms with Gasteiger partial charge in [0.1, 0.15) is 0 Å². The predicted octanol–water partition coefficient (Wildman–Crippen LogP) is 7.56. The van der Waals surface area contributed by atoms with Gasteiger partial charge in [-0.2, -0.15) is 0 Å². The minimum atomic E-state index is -3.79. The van der Waals surface area contributed by atoms with Crippen LogP contribution in [-0.2, 0) is 36.1 Å². The highest BCUT2D eigenvalue weighted by atomic mass is 31.2. The van der Waals surface area contributed by atoms with Crippen LogP contribution in [0, 0.1) is 5.92 Å². The summed E-state index contributed by atoms with van der Waals surface area (Å²) in [6.45, 7) is 10.0. The summed E-state index contributed by atoms with van der Waals surface area (Å²) < 4.78 is 36.7. The molecule has 0 aliphatic heterocycles. The standard InChI is InChI=1S/C26H39O5P/c1-23(2)13-11-19-28-20-12-18-26(3,4)31-32(27,29-21-24-14-7-5-8-15-24)30-22-25-16-9-6-10-17-25/h5-10,14-17,23H,11-13,18-22H2,1-4H3. The molecule has 0 saturated heterocycles. The quantitative estimate of drug-likeness (QED) is 0.190. The van der Waals surface area contributed by atoms with Crippen molar-refractivity contribution in [3.63, 3.8) is 0 Å². The number of hydrogen-bond donors (Lipinski definition) is 0. The summed E-state index contributed by atoms with van der Waals surface area (Å²) in [4.78, 5) is 0. The van der Waals surface area contributed by atoms with Crippen LogP contribution in [-0.4, -0.2) is 18.8 Å². The fourth-order valence-electron chi connectivity index (χ4n) is 3.19. The van der Waals surface area contributed by atoms with Crippen LogP contribution in [0.3, 0.4) is 0 Å². The first-order chi connectivity index (χ1) is 15.3. The molecule has 2 aromatic carbocycles. The first kappa shape index (κ1) is 26.8. The van der Waals surface area contributed by atoms with Crippen molar-refractivity contribution in [3.8, 4) is 0 Å². The lowest BCUT2D eigenvalue weighted by atomic mass is 10.0. The van der Waals surface area contributed by atoms with Crippen molar-refractivity contribution in [2.24, 2.45) is 5.92 Å². The molecule has 0 saturated carbocycles. The van der Waals surface area contributed by atoms with E-state index in [2.05, 4.69) is 13.8 Å². The summed E-state index contributed by atoms with van der Waals surface area (Å²) in [6, 6.07) is 19.2. The second-order valence-electron chi connectivity index (χ2n) is 9.07. The molecule has 0 aromatic heterocycles. The Kier molecular flexibility index (Phi) is 11.6. The zero-order valence-electron chi connectivity index (χ0n) is 20.0. The summed E-state index contributed by atoms with van der Waals surface area (Å²) in [7, 11) is -3.79. The van der Waals surface area contributed by atoms with Crippen molar-refractivity contribution < 1.29 is 22.9 Å². The molecule has 0 heterocycles. The van der Waals surface area contributed by atoms with Crippen molar-refractivity contribution in [1.29, 1.82) is 0 Å².